The molecule has 0 fully saturated rings. The van der Waals surface area contributed by atoms with Gasteiger partial charge in [-0.1, -0.05) is 6.92 Å². The lowest BCUT2D eigenvalue weighted by atomic mass is 10.0. The summed E-state index contributed by atoms with van der Waals surface area (Å²) in [7, 11) is 3.31. The van der Waals surface area contributed by atoms with Gasteiger partial charge < -0.3 is 35.2 Å². The van der Waals surface area contributed by atoms with Gasteiger partial charge in [-0.3, -0.25) is 4.79 Å². The van der Waals surface area contributed by atoms with Gasteiger partial charge in [-0.25, -0.2) is 9.59 Å². The molecule has 1 aromatic rings. The summed E-state index contributed by atoms with van der Waals surface area (Å²) in [5.74, 6) is 0.0994. The van der Waals surface area contributed by atoms with Gasteiger partial charge in [0.15, 0.2) is 0 Å². The summed E-state index contributed by atoms with van der Waals surface area (Å²) >= 11 is 0. The standard InChI is InChI=1S/C25H41N5O5/c1-15(2)26-24(32)28-19-9-10-21-20(11-19)23(31)29(7)13-22(34-8)17(5)12-30(18(6)14-35-21)25(33)27-16(3)4/h9-11,15-18,22H,12-14H2,1-8H3,(H,27,33)(H2,26,28,32)/t17-,18+,22+/m1/s1. The Morgan fingerprint density at radius 3 is 2.34 bits per heavy atom. The van der Waals surface area contributed by atoms with Crippen LogP contribution in [0.2, 0.25) is 0 Å². The summed E-state index contributed by atoms with van der Waals surface area (Å²) in [5, 5.41) is 8.48. The smallest absolute Gasteiger partial charge is 0.319 e. The molecule has 0 spiro atoms. The summed E-state index contributed by atoms with van der Waals surface area (Å²) in [6, 6.07) is 4.14. The minimum atomic E-state index is -0.358. The molecule has 3 N–H and O–H groups in total. The number of hydrogen-bond acceptors (Lipinski definition) is 5. The fourth-order valence-corrected chi connectivity index (χ4v) is 3.90. The van der Waals surface area contributed by atoms with Gasteiger partial charge in [-0.15, -0.1) is 0 Å². The van der Waals surface area contributed by atoms with E-state index in [4.69, 9.17) is 9.47 Å². The van der Waals surface area contributed by atoms with Crippen molar-refractivity contribution in [3.05, 3.63) is 23.8 Å². The predicted octanol–water partition coefficient (Wildman–Crippen LogP) is 3.14. The first-order valence-electron chi connectivity index (χ1n) is 12.1. The molecule has 10 nitrogen and oxygen atoms in total. The fourth-order valence-electron chi connectivity index (χ4n) is 3.90. The van der Waals surface area contributed by atoms with Crippen molar-refractivity contribution in [3.8, 4) is 5.75 Å². The molecule has 0 aromatic heterocycles. The van der Waals surface area contributed by atoms with Crippen LogP contribution in [0.5, 0.6) is 5.75 Å². The fraction of sp³-hybridized carbons (Fsp3) is 0.640. The Bertz CT molecular complexity index is 891. The first-order valence-corrected chi connectivity index (χ1v) is 12.1. The molecule has 1 aliphatic rings. The second kappa shape index (κ2) is 12.6. The molecule has 1 aliphatic heterocycles. The summed E-state index contributed by atoms with van der Waals surface area (Å²) in [6.07, 6.45) is -0.285. The van der Waals surface area contributed by atoms with E-state index in [1.165, 1.54) is 0 Å². The maximum absolute atomic E-state index is 13.4. The van der Waals surface area contributed by atoms with Crippen molar-refractivity contribution >= 4 is 23.7 Å². The number of benzene rings is 1. The number of urea groups is 2. The summed E-state index contributed by atoms with van der Waals surface area (Å²) in [6.45, 7) is 12.5. The van der Waals surface area contributed by atoms with E-state index in [-0.39, 0.29) is 54.7 Å². The minimum Gasteiger partial charge on any atom is -0.491 e. The zero-order valence-corrected chi connectivity index (χ0v) is 22.2. The number of anilines is 1. The highest BCUT2D eigenvalue weighted by molar-refractivity contribution is 5.99. The van der Waals surface area contributed by atoms with Crippen molar-refractivity contribution in [1.82, 2.24) is 20.4 Å². The molecule has 0 saturated carbocycles. The number of carbonyl (C=O) groups is 3. The lowest BCUT2D eigenvalue weighted by Crippen LogP contribution is -2.52. The molecule has 0 saturated heterocycles. The lowest BCUT2D eigenvalue weighted by molar-refractivity contribution is 0.0165. The number of fused-ring (bicyclic) bond motifs is 1. The minimum absolute atomic E-state index is 0.00571. The number of nitrogens with zero attached hydrogens (tertiary/aromatic N) is 2. The van der Waals surface area contributed by atoms with E-state index in [0.717, 1.165) is 0 Å². The van der Waals surface area contributed by atoms with E-state index in [0.29, 0.717) is 30.1 Å². The molecule has 1 heterocycles. The first-order chi connectivity index (χ1) is 16.4. The normalized spacial score (nSPS) is 21.5. The van der Waals surface area contributed by atoms with Crippen molar-refractivity contribution in [1.29, 1.82) is 0 Å². The molecule has 196 valence electrons. The van der Waals surface area contributed by atoms with Gasteiger partial charge in [-0.2, -0.15) is 0 Å². The maximum atomic E-state index is 13.4. The molecule has 1 aromatic carbocycles. The number of nitrogens with one attached hydrogen (secondary N) is 3. The molecule has 2 rings (SSSR count). The Kier molecular flexibility index (Phi) is 10.2. The highest BCUT2D eigenvalue weighted by Crippen LogP contribution is 2.26. The topological polar surface area (TPSA) is 112 Å². The monoisotopic (exact) mass is 491 g/mol. The molecule has 35 heavy (non-hydrogen) atoms. The largest absolute Gasteiger partial charge is 0.491 e. The average molecular weight is 492 g/mol. The zero-order chi connectivity index (χ0) is 26.3. The molecule has 10 heteroatoms. The molecular weight excluding hydrogens is 450 g/mol. The van der Waals surface area contributed by atoms with Crippen LogP contribution in [-0.2, 0) is 4.74 Å². The number of methoxy groups -OCH3 is 1. The van der Waals surface area contributed by atoms with E-state index >= 15 is 0 Å². The number of carbonyl (C=O) groups excluding carboxylic acids is 3. The second-order valence-electron chi connectivity index (χ2n) is 9.82. The highest BCUT2D eigenvalue weighted by Gasteiger charge is 2.30. The molecule has 0 aliphatic carbocycles. The van der Waals surface area contributed by atoms with E-state index in [9.17, 15) is 14.4 Å². The lowest BCUT2D eigenvalue weighted by Gasteiger charge is -2.36. The molecule has 3 atom stereocenters. The number of ether oxygens (including phenoxy) is 2. The van der Waals surface area contributed by atoms with Crippen LogP contribution in [0.25, 0.3) is 0 Å². The van der Waals surface area contributed by atoms with Crippen molar-refractivity contribution < 1.29 is 23.9 Å². The quantitative estimate of drug-likeness (QED) is 0.599. The maximum Gasteiger partial charge on any atom is 0.319 e. The van der Waals surface area contributed by atoms with Crippen LogP contribution in [0.15, 0.2) is 18.2 Å². The van der Waals surface area contributed by atoms with Gasteiger partial charge in [0.1, 0.15) is 12.4 Å². The summed E-state index contributed by atoms with van der Waals surface area (Å²) < 4.78 is 11.8. The van der Waals surface area contributed by atoms with Crippen LogP contribution in [0.3, 0.4) is 0 Å². The van der Waals surface area contributed by atoms with E-state index in [1.54, 1.807) is 42.2 Å². The molecule has 0 bridgehead atoms. The number of rotatable bonds is 4. The van der Waals surface area contributed by atoms with Crippen molar-refractivity contribution in [2.45, 2.75) is 65.8 Å². The summed E-state index contributed by atoms with van der Waals surface area (Å²) in [5.41, 5.74) is 0.797. The SMILES string of the molecule is CO[C@H]1CN(C)C(=O)c2cc(NC(=O)NC(C)C)ccc2OC[C@H](C)N(C(=O)NC(C)C)C[C@H]1C. The first kappa shape index (κ1) is 28.2. The van der Waals surface area contributed by atoms with E-state index < -0.39 is 0 Å². The molecular formula is C25H41N5O5. The van der Waals surface area contributed by atoms with Crippen LogP contribution in [0.4, 0.5) is 15.3 Å². The van der Waals surface area contributed by atoms with Gasteiger partial charge in [0, 0.05) is 50.9 Å². The number of amides is 5. The van der Waals surface area contributed by atoms with Gasteiger partial charge in [0.05, 0.1) is 17.7 Å². The average Bonchev–Trinajstić information content (AvgIpc) is 2.77. The van der Waals surface area contributed by atoms with Gasteiger partial charge in [-0.05, 0) is 52.8 Å². The highest BCUT2D eigenvalue weighted by atomic mass is 16.5. The van der Waals surface area contributed by atoms with Crippen LogP contribution in [-0.4, -0.2) is 85.9 Å². The number of hydrogen-bond donors (Lipinski definition) is 3. The molecule has 5 amide bonds. The Labute approximate surface area is 208 Å². The van der Waals surface area contributed by atoms with Gasteiger partial charge in [0.25, 0.3) is 5.91 Å². The van der Waals surface area contributed by atoms with Crippen molar-refractivity contribution in [3.63, 3.8) is 0 Å². The van der Waals surface area contributed by atoms with E-state index in [2.05, 4.69) is 16.0 Å². The van der Waals surface area contributed by atoms with Crippen molar-refractivity contribution in [2.24, 2.45) is 5.92 Å². The third kappa shape index (κ3) is 8.02. The van der Waals surface area contributed by atoms with Crippen LogP contribution in [0.1, 0.15) is 51.9 Å². The van der Waals surface area contributed by atoms with Crippen LogP contribution in [0, 0.1) is 5.92 Å². The van der Waals surface area contributed by atoms with Crippen molar-refractivity contribution in [2.75, 3.05) is 39.2 Å². The van der Waals surface area contributed by atoms with Crippen LogP contribution >= 0.6 is 0 Å². The Balaban J connectivity index is 2.41. The third-order valence-corrected chi connectivity index (χ3v) is 5.80. The van der Waals surface area contributed by atoms with Gasteiger partial charge in [0.2, 0.25) is 0 Å². The van der Waals surface area contributed by atoms with Gasteiger partial charge >= 0.3 is 12.1 Å². The summed E-state index contributed by atoms with van der Waals surface area (Å²) in [4.78, 5) is 41.9. The number of likely N-dealkylation sites (N-methyl/N-ethyl adjacent to an activating group) is 1. The Morgan fingerprint density at radius 2 is 1.74 bits per heavy atom. The molecule has 0 radical (unpaired) electrons. The van der Waals surface area contributed by atoms with Crippen LogP contribution < -0.4 is 20.7 Å². The van der Waals surface area contributed by atoms with E-state index in [1.807, 2.05) is 41.5 Å². The Morgan fingerprint density at radius 1 is 1.09 bits per heavy atom. The Hall–Kier alpha value is -3.01. The molecule has 0 unspecified atom stereocenters. The third-order valence-electron chi connectivity index (χ3n) is 5.80. The zero-order valence-electron chi connectivity index (χ0n) is 22.2. The second-order valence-corrected chi connectivity index (χ2v) is 9.82. The predicted molar refractivity (Wildman–Crippen MR) is 136 cm³/mol.